The third kappa shape index (κ3) is 2.73. The Bertz CT molecular complexity index is 884. The van der Waals surface area contributed by atoms with Crippen molar-refractivity contribution < 1.29 is 27.8 Å². The number of ether oxygens (including phenoxy) is 1. The van der Waals surface area contributed by atoms with Gasteiger partial charge in [0.15, 0.2) is 5.60 Å². The van der Waals surface area contributed by atoms with Gasteiger partial charge < -0.3 is 9.84 Å². The number of carbonyl (C=O) groups is 1. The molecule has 0 amide bonds. The molecule has 2 aliphatic rings. The van der Waals surface area contributed by atoms with Crippen molar-refractivity contribution in [2.75, 3.05) is 0 Å². The second-order valence-electron chi connectivity index (χ2n) is 8.21. The Morgan fingerprint density at radius 3 is 2.11 bits per heavy atom. The molecule has 0 bridgehead atoms. The van der Waals surface area contributed by atoms with E-state index < -0.39 is 28.9 Å². The summed E-state index contributed by atoms with van der Waals surface area (Å²) >= 11 is 0. The number of fused-ring (bicyclic) bond motifs is 1. The monoisotopic (exact) mass is 390 g/mol. The standard InChI is InChI=1S/C22H21F3O3/c1-20(2,27)21-12-16(13-8-10-15(11-9-13)22(23,24)25)17(18(21)19(26)28-21)14-6-4-3-5-7-14/h3-11,16-18,27H,12H2,1-2H3/t16-,17+,18+,21+/m0/s1. The quantitative estimate of drug-likeness (QED) is 0.776. The number of benzene rings is 2. The highest BCUT2D eigenvalue weighted by Crippen LogP contribution is 2.64. The first-order valence-corrected chi connectivity index (χ1v) is 9.22. The number of esters is 1. The topological polar surface area (TPSA) is 46.5 Å². The van der Waals surface area contributed by atoms with Gasteiger partial charge >= 0.3 is 12.1 Å². The number of rotatable bonds is 3. The average Bonchev–Trinajstić information content (AvgIpc) is 2.91. The fourth-order valence-corrected chi connectivity index (χ4v) is 4.83. The largest absolute Gasteiger partial charge is 0.455 e. The summed E-state index contributed by atoms with van der Waals surface area (Å²) in [5, 5.41) is 10.8. The summed E-state index contributed by atoms with van der Waals surface area (Å²) in [5.41, 5.74) is -1.40. The third-order valence-corrected chi connectivity index (χ3v) is 6.24. The number of halogens is 3. The summed E-state index contributed by atoms with van der Waals surface area (Å²) < 4.78 is 44.4. The van der Waals surface area contributed by atoms with Crippen LogP contribution >= 0.6 is 0 Å². The molecule has 6 heteroatoms. The highest BCUT2D eigenvalue weighted by atomic mass is 19.4. The van der Waals surface area contributed by atoms with Crippen molar-refractivity contribution in [3.05, 3.63) is 71.3 Å². The number of aliphatic hydroxyl groups is 1. The third-order valence-electron chi connectivity index (χ3n) is 6.24. The highest BCUT2D eigenvalue weighted by molar-refractivity contribution is 5.83. The Morgan fingerprint density at radius 1 is 1.00 bits per heavy atom. The first-order valence-electron chi connectivity index (χ1n) is 9.22. The first-order chi connectivity index (χ1) is 13.0. The van der Waals surface area contributed by atoms with Crippen LogP contribution in [0.2, 0.25) is 0 Å². The van der Waals surface area contributed by atoms with Crippen molar-refractivity contribution in [1.29, 1.82) is 0 Å². The molecular formula is C22H21F3O3. The minimum Gasteiger partial charge on any atom is -0.455 e. The van der Waals surface area contributed by atoms with E-state index in [-0.39, 0.29) is 17.8 Å². The van der Waals surface area contributed by atoms with Crippen LogP contribution in [0.15, 0.2) is 54.6 Å². The first kappa shape index (κ1) is 19.0. The smallest absolute Gasteiger partial charge is 0.416 e. The molecule has 1 saturated heterocycles. The second-order valence-corrected chi connectivity index (χ2v) is 8.21. The normalized spacial score (nSPS) is 29.8. The Morgan fingerprint density at radius 2 is 1.61 bits per heavy atom. The molecule has 2 fully saturated rings. The molecule has 1 aliphatic heterocycles. The number of hydrogen-bond acceptors (Lipinski definition) is 3. The van der Waals surface area contributed by atoms with Crippen LogP contribution in [-0.4, -0.2) is 22.3 Å². The van der Waals surface area contributed by atoms with Gasteiger partial charge in [0.1, 0.15) is 5.92 Å². The molecule has 0 spiro atoms. The van der Waals surface area contributed by atoms with E-state index in [1.807, 2.05) is 30.3 Å². The fourth-order valence-electron chi connectivity index (χ4n) is 4.83. The lowest BCUT2D eigenvalue weighted by Gasteiger charge is -2.51. The van der Waals surface area contributed by atoms with Gasteiger partial charge in [-0.2, -0.15) is 13.2 Å². The minimum absolute atomic E-state index is 0.243. The zero-order valence-electron chi connectivity index (χ0n) is 15.5. The summed E-state index contributed by atoms with van der Waals surface area (Å²) in [6.07, 6.45) is -4.04. The summed E-state index contributed by atoms with van der Waals surface area (Å²) in [6.45, 7) is 3.23. The molecule has 4 atom stereocenters. The van der Waals surface area contributed by atoms with Gasteiger partial charge in [0, 0.05) is 5.92 Å². The maximum atomic E-state index is 12.9. The van der Waals surface area contributed by atoms with Crippen molar-refractivity contribution in [3.63, 3.8) is 0 Å². The van der Waals surface area contributed by atoms with Crippen LogP contribution in [0.1, 0.15) is 48.8 Å². The van der Waals surface area contributed by atoms with Gasteiger partial charge in [-0.25, -0.2) is 0 Å². The molecule has 1 N–H and O–H groups in total. The van der Waals surface area contributed by atoms with Crippen LogP contribution in [0.4, 0.5) is 13.2 Å². The molecule has 0 aromatic heterocycles. The van der Waals surface area contributed by atoms with E-state index in [1.54, 1.807) is 13.8 Å². The van der Waals surface area contributed by atoms with Gasteiger partial charge in [-0.05, 0) is 49.4 Å². The van der Waals surface area contributed by atoms with E-state index >= 15 is 0 Å². The van der Waals surface area contributed by atoms with E-state index in [1.165, 1.54) is 12.1 Å². The number of hydrogen-bond donors (Lipinski definition) is 1. The summed E-state index contributed by atoms with van der Waals surface area (Å²) in [5.74, 6) is -1.43. The van der Waals surface area contributed by atoms with E-state index in [4.69, 9.17) is 4.74 Å². The van der Waals surface area contributed by atoms with Crippen molar-refractivity contribution >= 4 is 5.97 Å². The van der Waals surface area contributed by atoms with Crippen molar-refractivity contribution in [3.8, 4) is 0 Å². The zero-order chi connectivity index (χ0) is 20.3. The van der Waals surface area contributed by atoms with E-state index in [0.29, 0.717) is 12.0 Å². The van der Waals surface area contributed by atoms with E-state index in [9.17, 15) is 23.1 Å². The number of alkyl halides is 3. The predicted molar refractivity (Wildman–Crippen MR) is 96.6 cm³/mol. The molecule has 148 valence electrons. The van der Waals surface area contributed by atoms with Gasteiger partial charge in [-0.1, -0.05) is 42.5 Å². The fraction of sp³-hybridized carbons (Fsp3) is 0.409. The van der Waals surface area contributed by atoms with Crippen LogP contribution in [0.5, 0.6) is 0 Å². The molecule has 1 saturated carbocycles. The lowest BCUT2D eigenvalue weighted by atomic mass is 9.70. The van der Waals surface area contributed by atoms with Crippen LogP contribution < -0.4 is 0 Å². The average molecular weight is 390 g/mol. The minimum atomic E-state index is -4.40. The Labute approximate surface area is 161 Å². The van der Waals surface area contributed by atoms with Gasteiger partial charge in [-0.3, -0.25) is 4.79 Å². The summed E-state index contributed by atoms with van der Waals surface area (Å²) in [7, 11) is 0. The molecular weight excluding hydrogens is 369 g/mol. The maximum Gasteiger partial charge on any atom is 0.416 e. The molecule has 1 aliphatic carbocycles. The van der Waals surface area contributed by atoms with Crippen LogP contribution in [0.25, 0.3) is 0 Å². The SMILES string of the molecule is CC(C)(O)[C@@]12C[C@@H](c3ccc(C(F)(F)F)cc3)[C@@H](c3ccccc3)[C@@H]1C(=O)O2. The Hall–Kier alpha value is -2.34. The van der Waals surface area contributed by atoms with Crippen LogP contribution in [0.3, 0.4) is 0 Å². The molecule has 1 heterocycles. The highest BCUT2D eigenvalue weighted by Gasteiger charge is 2.72. The predicted octanol–water partition coefficient (Wildman–Crippen LogP) is 4.66. The molecule has 0 unspecified atom stereocenters. The summed E-state index contributed by atoms with van der Waals surface area (Å²) in [4.78, 5) is 12.4. The molecule has 28 heavy (non-hydrogen) atoms. The number of carbonyl (C=O) groups excluding carboxylic acids is 1. The lowest BCUT2D eigenvalue weighted by Crippen LogP contribution is -2.66. The van der Waals surface area contributed by atoms with Crippen molar-refractivity contribution in [2.24, 2.45) is 5.92 Å². The molecule has 4 rings (SSSR count). The van der Waals surface area contributed by atoms with Crippen LogP contribution in [0, 0.1) is 5.92 Å². The van der Waals surface area contributed by atoms with Gasteiger partial charge in [0.25, 0.3) is 0 Å². The zero-order valence-corrected chi connectivity index (χ0v) is 15.5. The van der Waals surface area contributed by atoms with Crippen molar-refractivity contribution in [2.45, 2.75) is 49.5 Å². The summed E-state index contributed by atoms with van der Waals surface area (Å²) in [6, 6.07) is 14.5. The van der Waals surface area contributed by atoms with Gasteiger partial charge in [0.05, 0.1) is 11.2 Å². The van der Waals surface area contributed by atoms with E-state index in [0.717, 1.165) is 17.7 Å². The molecule has 3 nitrogen and oxygen atoms in total. The molecule has 2 aromatic carbocycles. The van der Waals surface area contributed by atoms with E-state index in [2.05, 4.69) is 0 Å². The maximum absolute atomic E-state index is 12.9. The van der Waals surface area contributed by atoms with Crippen molar-refractivity contribution in [1.82, 2.24) is 0 Å². The van der Waals surface area contributed by atoms with Gasteiger partial charge in [-0.15, -0.1) is 0 Å². The van der Waals surface area contributed by atoms with Crippen LogP contribution in [-0.2, 0) is 15.7 Å². The second kappa shape index (κ2) is 6.08. The molecule has 2 aromatic rings. The Kier molecular flexibility index (Phi) is 4.12. The Balaban J connectivity index is 1.80. The van der Waals surface area contributed by atoms with Gasteiger partial charge in [0.2, 0.25) is 0 Å². The lowest BCUT2D eigenvalue weighted by molar-refractivity contribution is -0.250. The molecule has 0 radical (unpaired) electrons.